The van der Waals surface area contributed by atoms with Gasteiger partial charge in [-0.3, -0.25) is 0 Å². The van der Waals surface area contributed by atoms with E-state index in [4.69, 9.17) is 15.2 Å². The summed E-state index contributed by atoms with van der Waals surface area (Å²) in [6.45, 7) is 7.50. The summed E-state index contributed by atoms with van der Waals surface area (Å²) in [7, 11) is 0. The predicted molar refractivity (Wildman–Crippen MR) is 96.5 cm³/mol. The molecule has 2 N–H and O–H groups in total. The van der Waals surface area contributed by atoms with E-state index in [9.17, 15) is 0 Å². The summed E-state index contributed by atoms with van der Waals surface area (Å²) in [6.07, 6.45) is 0.809. The van der Waals surface area contributed by atoms with Crippen LogP contribution in [0.5, 0.6) is 11.5 Å². The van der Waals surface area contributed by atoms with Crippen LogP contribution in [0.25, 0.3) is 0 Å². The van der Waals surface area contributed by atoms with Crippen molar-refractivity contribution < 1.29 is 9.47 Å². The molecule has 0 aliphatic rings. The largest absolute Gasteiger partial charge is 0.493 e. The molecule has 4 nitrogen and oxygen atoms in total. The van der Waals surface area contributed by atoms with Crippen molar-refractivity contribution in [3.63, 3.8) is 0 Å². The van der Waals surface area contributed by atoms with Gasteiger partial charge in [0.1, 0.15) is 11.5 Å². The molecule has 0 heterocycles. The molecule has 0 aliphatic carbocycles. The van der Waals surface area contributed by atoms with Crippen molar-refractivity contribution in [2.24, 2.45) is 0 Å². The van der Waals surface area contributed by atoms with Crippen molar-refractivity contribution in [3.8, 4) is 11.5 Å². The van der Waals surface area contributed by atoms with Crippen molar-refractivity contribution in [3.05, 3.63) is 48.5 Å². The number of nitrogen functional groups attached to an aromatic ring is 1. The molecule has 0 aromatic heterocycles. The second-order valence-corrected chi connectivity index (χ2v) is 5.26. The Morgan fingerprint density at radius 2 is 1.65 bits per heavy atom. The zero-order valence-corrected chi connectivity index (χ0v) is 14.0. The highest BCUT2D eigenvalue weighted by Gasteiger charge is 2.03. The van der Waals surface area contributed by atoms with E-state index in [-0.39, 0.29) is 0 Å². The molecule has 124 valence electrons. The second-order valence-electron chi connectivity index (χ2n) is 5.26. The second kappa shape index (κ2) is 8.93. The van der Waals surface area contributed by atoms with Crippen LogP contribution in [0.3, 0.4) is 0 Å². The van der Waals surface area contributed by atoms with Gasteiger partial charge in [-0.1, -0.05) is 18.2 Å². The molecule has 0 atom stereocenters. The fraction of sp³-hybridized carbons (Fsp3) is 0.368. The van der Waals surface area contributed by atoms with E-state index in [0.29, 0.717) is 18.9 Å². The van der Waals surface area contributed by atoms with Crippen LogP contribution >= 0.6 is 0 Å². The number of anilines is 2. The zero-order valence-electron chi connectivity index (χ0n) is 14.0. The van der Waals surface area contributed by atoms with Crippen molar-refractivity contribution in [1.82, 2.24) is 0 Å². The van der Waals surface area contributed by atoms with Gasteiger partial charge in [0.05, 0.1) is 18.9 Å². The highest BCUT2D eigenvalue weighted by Crippen LogP contribution is 2.22. The first-order valence-electron chi connectivity index (χ1n) is 8.19. The molecule has 0 unspecified atom stereocenters. The van der Waals surface area contributed by atoms with E-state index >= 15 is 0 Å². The minimum Gasteiger partial charge on any atom is -0.493 e. The fourth-order valence-corrected chi connectivity index (χ4v) is 2.40. The van der Waals surface area contributed by atoms with Crippen LogP contribution in [0.2, 0.25) is 0 Å². The molecule has 2 aromatic carbocycles. The SMILES string of the molecule is CCN(CC)c1cccc(OCCCOc2ccccc2N)c1. The monoisotopic (exact) mass is 314 g/mol. The molecule has 4 heteroatoms. The van der Waals surface area contributed by atoms with Gasteiger partial charge < -0.3 is 20.1 Å². The van der Waals surface area contributed by atoms with Gasteiger partial charge >= 0.3 is 0 Å². The van der Waals surface area contributed by atoms with Gasteiger partial charge in [-0.2, -0.15) is 0 Å². The number of nitrogens with two attached hydrogens (primary N) is 1. The van der Waals surface area contributed by atoms with Crippen molar-refractivity contribution >= 4 is 11.4 Å². The lowest BCUT2D eigenvalue weighted by molar-refractivity contribution is 0.248. The van der Waals surface area contributed by atoms with E-state index in [0.717, 1.165) is 31.0 Å². The summed E-state index contributed by atoms with van der Waals surface area (Å²) in [5, 5.41) is 0. The highest BCUT2D eigenvalue weighted by molar-refractivity contribution is 5.52. The maximum atomic E-state index is 5.84. The minimum absolute atomic E-state index is 0.587. The molecule has 2 aromatic rings. The number of hydrogen-bond donors (Lipinski definition) is 1. The number of rotatable bonds is 9. The summed E-state index contributed by atoms with van der Waals surface area (Å²) >= 11 is 0. The molecule has 0 radical (unpaired) electrons. The van der Waals surface area contributed by atoms with Crippen LogP contribution in [0.15, 0.2) is 48.5 Å². The summed E-state index contributed by atoms with van der Waals surface area (Å²) in [5.74, 6) is 1.63. The predicted octanol–water partition coefficient (Wildman–Crippen LogP) is 3.96. The van der Waals surface area contributed by atoms with Gasteiger partial charge in [0.15, 0.2) is 0 Å². The number of para-hydroxylation sites is 2. The lowest BCUT2D eigenvalue weighted by atomic mass is 10.2. The Bertz CT molecular complexity index is 597. The lowest BCUT2D eigenvalue weighted by Crippen LogP contribution is -2.21. The van der Waals surface area contributed by atoms with Gasteiger partial charge in [0.25, 0.3) is 0 Å². The molecule has 0 amide bonds. The molecular formula is C19H26N2O2. The molecule has 0 bridgehead atoms. The zero-order chi connectivity index (χ0) is 16.5. The van der Waals surface area contributed by atoms with Crippen LogP contribution in [0.4, 0.5) is 11.4 Å². The smallest absolute Gasteiger partial charge is 0.142 e. The summed E-state index contributed by atoms with van der Waals surface area (Å²) in [6, 6.07) is 15.8. The standard InChI is InChI=1S/C19H26N2O2/c1-3-21(4-2)16-9-7-10-17(15-16)22-13-8-14-23-19-12-6-5-11-18(19)20/h5-7,9-12,15H,3-4,8,13-14,20H2,1-2H3. The summed E-state index contributed by atoms with van der Waals surface area (Å²) in [5.41, 5.74) is 7.70. The van der Waals surface area contributed by atoms with Crippen molar-refractivity contribution in [1.29, 1.82) is 0 Å². The van der Waals surface area contributed by atoms with Crippen LogP contribution in [0.1, 0.15) is 20.3 Å². The van der Waals surface area contributed by atoms with E-state index in [1.807, 2.05) is 36.4 Å². The molecule has 23 heavy (non-hydrogen) atoms. The Morgan fingerprint density at radius 1 is 0.913 bits per heavy atom. The van der Waals surface area contributed by atoms with Crippen LogP contribution in [0, 0.1) is 0 Å². The molecule has 0 saturated heterocycles. The van der Waals surface area contributed by atoms with Gasteiger partial charge in [0.2, 0.25) is 0 Å². The van der Waals surface area contributed by atoms with E-state index in [1.165, 1.54) is 5.69 Å². The third kappa shape index (κ3) is 5.09. The van der Waals surface area contributed by atoms with Crippen molar-refractivity contribution in [2.75, 3.05) is 36.9 Å². The molecule has 2 rings (SSSR count). The summed E-state index contributed by atoms with van der Waals surface area (Å²) in [4.78, 5) is 2.30. The Labute approximate surface area is 138 Å². The minimum atomic E-state index is 0.587. The van der Waals surface area contributed by atoms with E-state index in [1.54, 1.807) is 0 Å². The maximum Gasteiger partial charge on any atom is 0.142 e. The first-order chi connectivity index (χ1) is 11.2. The van der Waals surface area contributed by atoms with Gasteiger partial charge in [-0.25, -0.2) is 0 Å². The Hall–Kier alpha value is -2.36. The topological polar surface area (TPSA) is 47.7 Å². The van der Waals surface area contributed by atoms with Crippen LogP contribution in [-0.2, 0) is 0 Å². The van der Waals surface area contributed by atoms with E-state index < -0.39 is 0 Å². The molecular weight excluding hydrogens is 288 g/mol. The van der Waals surface area contributed by atoms with Gasteiger partial charge in [-0.05, 0) is 38.1 Å². The number of ether oxygens (including phenoxy) is 2. The number of nitrogens with zero attached hydrogens (tertiary/aromatic N) is 1. The van der Waals surface area contributed by atoms with Gasteiger partial charge in [0, 0.05) is 31.3 Å². The third-order valence-corrected chi connectivity index (χ3v) is 3.68. The number of hydrogen-bond acceptors (Lipinski definition) is 4. The molecule has 0 aliphatic heterocycles. The Kier molecular flexibility index (Phi) is 6.60. The normalized spacial score (nSPS) is 10.3. The fourth-order valence-electron chi connectivity index (χ4n) is 2.40. The quantitative estimate of drug-likeness (QED) is 0.562. The van der Waals surface area contributed by atoms with Crippen LogP contribution in [-0.4, -0.2) is 26.3 Å². The Balaban J connectivity index is 1.76. The maximum absolute atomic E-state index is 5.84. The average molecular weight is 314 g/mol. The first-order valence-corrected chi connectivity index (χ1v) is 8.19. The lowest BCUT2D eigenvalue weighted by Gasteiger charge is -2.21. The highest BCUT2D eigenvalue weighted by atomic mass is 16.5. The number of benzene rings is 2. The van der Waals surface area contributed by atoms with E-state index in [2.05, 4.69) is 30.9 Å². The Morgan fingerprint density at radius 3 is 2.39 bits per heavy atom. The first kappa shape index (κ1) is 17.0. The van der Waals surface area contributed by atoms with Gasteiger partial charge in [-0.15, -0.1) is 0 Å². The average Bonchev–Trinajstić information content (AvgIpc) is 2.58. The molecule has 0 fully saturated rings. The molecule has 0 saturated carbocycles. The third-order valence-electron chi connectivity index (χ3n) is 3.68. The van der Waals surface area contributed by atoms with Crippen molar-refractivity contribution in [2.45, 2.75) is 20.3 Å². The molecule has 0 spiro atoms. The van der Waals surface area contributed by atoms with Crippen LogP contribution < -0.4 is 20.1 Å². The summed E-state index contributed by atoms with van der Waals surface area (Å²) < 4.78 is 11.5.